The standard InChI is InChI=1S/C12H15N3/c1-13-8-7-11-9-14-15(10-11)12-5-3-2-4-6-12/h2-6,9-10,13H,7-8H2,1H3. The third-order valence-electron chi connectivity index (χ3n) is 2.32. The number of para-hydroxylation sites is 1. The summed E-state index contributed by atoms with van der Waals surface area (Å²) in [5.41, 5.74) is 2.36. The van der Waals surface area contributed by atoms with Crippen LogP contribution in [0.2, 0.25) is 0 Å². The van der Waals surface area contributed by atoms with E-state index >= 15 is 0 Å². The van der Waals surface area contributed by atoms with Gasteiger partial charge in [-0.2, -0.15) is 5.10 Å². The second kappa shape index (κ2) is 4.75. The largest absolute Gasteiger partial charge is 0.319 e. The van der Waals surface area contributed by atoms with Crippen LogP contribution in [0.15, 0.2) is 42.7 Å². The summed E-state index contributed by atoms with van der Waals surface area (Å²) in [5.74, 6) is 0. The van der Waals surface area contributed by atoms with Gasteiger partial charge in [0.2, 0.25) is 0 Å². The summed E-state index contributed by atoms with van der Waals surface area (Å²) in [6.07, 6.45) is 5.01. The maximum Gasteiger partial charge on any atom is 0.0645 e. The lowest BCUT2D eigenvalue weighted by Crippen LogP contribution is -2.09. The van der Waals surface area contributed by atoms with Crippen LogP contribution in [0.1, 0.15) is 5.56 Å². The van der Waals surface area contributed by atoms with Crippen LogP contribution in [0.3, 0.4) is 0 Å². The maximum atomic E-state index is 4.33. The maximum absolute atomic E-state index is 4.33. The van der Waals surface area contributed by atoms with Crippen molar-refractivity contribution in [2.45, 2.75) is 6.42 Å². The smallest absolute Gasteiger partial charge is 0.0645 e. The third-order valence-corrected chi connectivity index (χ3v) is 2.32. The van der Waals surface area contributed by atoms with E-state index in [1.165, 1.54) is 5.56 Å². The third kappa shape index (κ3) is 2.44. The van der Waals surface area contributed by atoms with Crippen LogP contribution >= 0.6 is 0 Å². The molecule has 0 spiro atoms. The summed E-state index contributed by atoms with van der Waals surface area (Å²) in [4.78, 5) is 0. The molecule has 0 unspecified atom stereocenters. The fraction of sp³-hybridized carbons (Fsp3) is 0.250. The first-order valence-electron chi connectivity index (χ1n) is 5.14. The van der Waals surface area contributed by atoms with Crippen LogP contribution in [0.5, 0.6) is 0 Å². The minimum atomic E-state index is 0.987. The van der Waals surface area contributed by atoms with Crippen LogP contribution in [0.25, 0.3) is 5.69 Å². The van der Waals surface area contributed by atoms with Crippen molar-refractivity contribution >= 4 is 0 Å². The SMILES string of the molecule is CNCCc1cnn(-c2ccccc2)c1. The number of nitrogens with one attached hydrogen (secondary N) is 1. The molecule has 3 nitrogen and oxygen atoms in total. The van der Waals surface area contributed by atoms with Crippen LogP contribution in [-0.4, -0.2) is 23.4 Å². The van der Waals surface area contributed by atoms with Crippen molar-refractivity contribution in [2.75, 3.05) is 13.6 Å². The molecule has 15 heavy (non-hydrogen) atoms. The molecule has 1 heterocycles. The topological polar surface area (TPSA) is 29.9 Å². The minimum Gasteiger partial charge on any atom is -0.319 e. The van der Waals surface area contributed by atoms with E-state index in [0.29, 0.717) is 0 Å². The molecular formula is C12H15N3. The van der Waals surface area contributed by atoms with Crippen LogP contribution in [0.4, 0.5) is 0 Å². The molecule has 2 rings (SSSR count). The highest BCUT2D eigenvalue weighted by atomic mass is 15.3. The zero-order valence-corrected chi connectivity index (χ0v) is 8.85. The predicted octanol–water partition coefficient (Wildman–Crippen LogP) is 1.63. The van der Waals surface area contributed by atoms with Gasteiger partial charge in [-0.1, -0.05) is 18.2 Å². The molecule has 0 saturated heterocycles. The van der Waals surface area contributed by atoms with Gasteiger partial charge in [-0.3, -0.25) is 0 Å². The molecule has 1 aromatic heterocycles. The second-order valence-electron chi connectivity index (χ2n) is 3.48. The highest BCUT2D eigenvalue weighted by Gasteiger charge is 1.99. The van der Waals surface area contributed by atoms with Crippen molar-refractivity contribution in [2.24, 2.45) is 0 Å². The molecule has 0 aliphatic rings. The average Bonchev–Trinajstić information content (AvgIpc) is 2.76. The van der Waals surface area contributed by atoms with Crippen LogP contribution in [0, 0.1) is 0 Å². The first kappa shape index (κ1) is 9.93. The van der Waals surface area contributed by atoms with Crippen molar-refractivity contribution in [1.29, 1.82) is 0 Å². The number of rotatable bonds is 4. The summed E-state index contributed by atoms with van der Waals surface area (Å²) < 4.78 is 1.91. The molecule has 78 valence electrons. The van der Waals surface area contributed by atoms with E-state index in [9.17, 15) is 0 Å². The molecule has 0 amide bonds. The minimum absolute atomic E-state index is 0.987. The Labute approximate surface area is 89.7 Å². The van der Waals surface area contributed by atoms with E-state index in [-0.39, 0.29) is 0 Å². The molecular weight excluding hydrogens is 186 g/mol. The fourth-order valence-corrected chi connectivity index (χ4v) is 1.48. The van der Waals surface area contributed by atoms with Crippen molar-refractivity contribution in [1.82, 2.24) is 15.1 Å². The van der Waals surface area contributed by atoms with Gasteiger partial charge < -0.3 is 5.32 Å². The molecule has 0 aliphatic carbocycles. The van der Waals surface area contributed by atoms with Gasteiger partial charge in [0.25, 0.3) is 0 Å². The van der Waals surface area contributed by atoms with Crippen molar-refractivity contribution in [3.63, 3.8) is 0 Å². The Kier molecular flexibility index (Phi) is 3.15. The fourth-order valence-electron chi connectivity index (χ4n) is 1.48. The number of aromatic nitrogens is 2. The van der Waals surface area contributed by atoms with E-state index in [1.54, 1.807) is 0 Å². The summed E-state index contributed by atoms with van der Waals surface area (Å²) in [7, 11) is 1.96. The predicted molar refractivity (Wildman–Crippen MR) is 61.2 cm³/mol. The monoisotopic (exact) mass is 201 g/mol. The Balaban J connectivity index is 2.14. The summed E-state index contributed by atoms with van der Waals surface area (Å²) in [5, 5.41) is 7.46. The summed E-state index contributed by atoms with van der Waals surface area (Å²) >= 11 is 0. The highest BCUT2D eigenvalue weighted by molar-refractivity contribution is 5.30. The van der Waals surface area contributed by atoms with Gasteiger partial charge in [-0.05, 0) is 37.7 Å². The lowest BCUT2D eigenvalue weighted by Gasteiger charge is -1.99. The van der Waals surface area contributed by atoms with E-state index < -0.39 is 0 Å². The summed E-state index contributed by atoms with van der Waals surface area (Å²) in [6, 6.07) is 10.1. The lowest BCUT2D eigenvalue weighted by molar-refractivity contribution is 0.791. The summed E-state index contributed by atoms with van der Waals surface area (Å²) in [6.45, 7) is 0.987. The number of benzene rings is 1. The zero-order valence-electron chi connectivity index (χ0n) is 8.85. The Morgan fingerprint density at radius 3 is 2.80 bits per heavy atom. The van der Waals surface area contributed by atoms with E-state index in [1.807, 2.05) is 36.1 Å². The molecule has 0 radical (unpaired) electrons. The molecule has 0 atom stereocenters. The molecule has 1 aromatic carbocycles. The number of nitrogens with zero attached hydrogens (tertiary/aromatic N) is 2. The Hall–Kier alpha value is -1.61. The molecule has 0 fully saturated rings. The Morgan fingerprint density at radius 1 is 1.27 bits per heavy atom. The molecule has 1 N–H and O–H groups in total. The van der Waals surface area contributed by atoms with Gasteiger partial charge in [0.15, 0.2) is 0 Å². The van der Waals surface area contributed by atoms with Gasteiger partial charge in [0, 0.05) is 6.20 Å². The first-order valence-corrected chi connectivity index (χ1v) is 5.14. The molecule has 0 saturated carbocycles. The van der Waals surface area contributed by atoms with Crippen LogP contribution < -0.4 is 5.32 Å². The molecule has 2 aromatic rings. The molecule has 0 aliphatic heterocycles. The number of hydrogen-bond acceptors (Lipinski definition) is 2. The molecule has 0 bridgehead atoms. The van der Waals surface area contributed by atoms with Crippen molar-refractivity contribution in [3.05, 3.63) is 48.3 Å². The number of likely N-dealkylation sites (N-methyl/N-ethyl adjacent to an activating group) is 1. The quantitative estimate of drug-likeness (QED) is 0.815. The van der Waals surface area contributed by atoms with Gasteiger partial charge in [-0.25, -0.2) is 4.68 Å². The van der Waals surface area contributed by atoms with Crippen molar-refractivity contribution in [3.8, 4) is 5.69 Å². The Bertz CT molecular complexity index is 406. The van der Waals surface area contributed by atoms with Gasteiger partial charge in [0.05, 0.1) is 11.9 Å². The Morgan fingerprint density at radius 2 is 2.07 bits per heavy atom. The van der Waals surface area contributed by atoms with Crippen molar-refractivity contribution < 1.29 is 0 Å². The van der Waals surface area contributed by atoms with Gasteiger partial charge in [0.1, 0.15) is 0 Å². The highest BCUT2D eigenvalue weighted by Crippen LogP contribution is 2.07. The number of hydrogen-bond donors (Lipinski definition) is 1. The molecule has 3 heteroatoms. The van der Waals surface area contributed by atoms with E-state index in [2.05, 4.69) is 28.7 Å². The van der Waals surface area contributed by atoms with E-state index in [0.717, 1.165) is 18.7 Å². The first-order chi connectivity index (χ1) is 7.40. The normalized spacial score (nSPS) is 10.5. The van der Waals surface area contributed by atoms with E-state index in [4.69, 9.17) is 0 Å². The lowest BCUT2D eigenvalue weighted by atomic mass is 10.2. The van der Waals surface area contributed by atoms with Gasteiger partial charge >= 0.3 is 0 Å². The zero-order chi connectivity index (χ0) is 10.5. The van der Waals surface area contributed by atoms with Crippen LogP contribution in [-0.2, 0) is 6.42 Å². The van der Waals surface area contributed by atoms with Gasteiger partial charge in [-0.15, -0.1) is 0 Å². The average molecular weight is 201 g/mol. The second-order valence-corrected chi connectivity index (χ2v) is 3.48.